The van der Waals surface area contributed by atoms with Crippen molar-refractivity contribution >= 4 is 39.0 Å². The zero-order valence-electron chi connectivity index (χ0n) is 18.2. The number of rotatable bonds is 8. The molecule has 2 N–H and O–H groups in total. The van der Waals surface area contributed by atoms with Crippen molar-refractivity contribution in [1.29, 1.82) is 0 Å². The molecule has 2 heterocycles. The van der Waals surface area contributed by atoms with Crippen molar-refractivity contribution in [2.24, 2.45) is 0 Å². The number of ether oxygens (including phenoxy) is 2. The molecule has 32 heavy (non-hydrogen) atoms. The number of aromatic nitrogens is 2. The van der Waals surface area contributed by atoms with Crippen molar-refractivity contribution in [2.45, 2.75) is 45.1 Å². The molecule has 0 aliphatic heterocycles. The number of carbonyl (C=O) groups excluding carboxylic acids is 1. The molecule has 1 amide bonds. The normalized spacial score (nSPS) is 14.5. The van der Waals surface area contributed by atoms with Crippen molar-refractivity contribution in [3.63, 3.8) is 0 Å². The van der Waals surface area contributed by atoms with Gasteiger partial charge in [-0.1, -0.05) is 6.42 Å². The van der Waals surface area contributed by atoms with Crippen LogP contribution in [0, 0.1) is 12.7 Å². The van der Waals surface area contributed by atoms with E-state index in [1.807, 2.05) is 6.92 Å². The summed E-state index contributed by atoms with van der Waals surface area (Å²) in [6.45, 7) is 2.75. The number of amides is 1. The fourth-order valence-electron chi connectivity index (χ4n) is 3.92. The number of thiophene rings is 1. The number of methoxy groups -OCH3 is 1. The molecular weight excluding hydrogens is 431 g/mol. The standard InChI is InChI=1S/C23H27FN4O3S/c1-14-19-21(26-13-27-23(19)32-20(14)22(29)25-10-11-30-2)28-17-9-8-15(24)12-18(17)31-16-6-4-3-5-7-16/h8-9,12-13,16H,3-7,10-11H2,1-2H3,(H,25,29)(H,26,27,28). The zero-order valence-corrected chi connectivity index (χ0v) is 19.1. The van der Waals surface area contributed by atoms with Gasteiger partial charge in [0, 0.05) is 19.7 Å². The van der Waals surface area contributed by atoms with Crippen LogP contribution >= 0.6 is 11.3 Å². The molecule has 9 heteroatoms. The maximum Gasteiger partial charge on any atom is 0.261 e. The van der Waals surface area contributed by atoms with Crippen LogP contribution in [0.4, 0.5) is 15.9 Å². The van der Waals surface area contributed by atoms with Crippen molar-refractivity contribution in [2.75, 3.05) is 25.6 Å². The Hall–Kier alpha value is -2.78. The second-order valence-electron chi connectivity index (χ2n) is 7.85. The lowest BCUT2D eigenvalue weighted by atomic mass is 9.98. The minimum atomic E-state index is -0.351. The van der Waals surface area contributed by atoms with Crippen LogP contribution in [0.2, 0.25) is 0 Å². The van der Waals surface area contributed by atoms with Crippen LogP contribution in [-0.4, -0.2) is 42.2 Å². The monoisotopic (exact) mass is 458 g/mol. The van der Waals surface area contributed by atoms with Gasteiger partial charge in [0.25, 0.3) is 5.91 Å². The summed E-state index contributed by atoms with van der Waals surface area (Å²) in [5.41, 5.74) is 1.42. The number of carbonyl (C=O) groups is 1. The van der Waals surface area contributed by atoms with E-state index in [2.05, 4.69) is 20.6 Å². The predicted molar refractivity (Wildman–Crippen MR) is 124 cm³/mol. The largest absolute Gasteiger partial charge is 0.488 e. The summed E-state index contributed by atoms with van der Waals surface area (Å²) in [6, 6.07) is 4.45. The van der Waals surface area contributed by atoms with Crippen LogP contribution < -0.4 is 15.4 Å². The van der Waals surface area contributed by atoms with E-state index in [-0.39, 0.29) is 17.8 Å². The lowest BCUT2D eigenvalue weighted by Gasteiger charge is -2.24. The van der Waals surface area contributed by atoms with E-state index in [1.165, 1.54) is 36.2 Å². The Morgan fingerprint density at radius 3 is 2.84 bits per heavy atom. The van der Waals surface area contributed by atoms with Crippen molar-refractivity contribution in [3.8, 4) is 5.75 Å². The number of hydrogen-bond acceptors (Lipinski definition) is 7. The second-order valence-corrected chi connectivity index (χ2v) is 8.85. The molecule has 0 radical (unpaired) electrons. The van der Waals surface area contributed by atoms with Crippen molar-refractivity contribution in [1.82, 2.24) is 15.3 Å². The third-order valence-electron chi connectivity index (χ3n) is 5.57. The van der Waals surface area contributed by atoms with E-state index in [0.29, 0.717) is 40.1 Å². The molecule has 4 rings (SSSR count). The number of hydrogen-bond donors (Lipinski definition) is 2. The fourth-order valence-corrected chi connectivity index (χ4v) is 4.98. The number of nitrogens with zero attached hydrogens (tertiary/aromatic N) is 2. The second kappa shape index (κ2) is 10.2. The lowest BCUT2D eigenvalue weighted by molar-refractivity contribution is 0.0940. The Bertz CT molecular complexity index is 1100. The summed E-state index contributed by atoms with van der Waals surface area (Å²) in [7, 11) is 1.59. The van der Waals surface area contributed by atoms with Gasteiger partial charge in [-0.3, -0.25) is 4.79 Å². The third-order valence-corrected chi connectivity index (χ3v) is 6.77. The first-order chi connectivity index (χ1) is 15.6. The van der Waals surface area contributed by atoms with Crippen molar-refractivity contribution < 1.29 is 18.7 Å². The molecule has 7 nitrogen and oxygen atoms in total. The van der Waals surface area contributed by atoms with Gasteiger partial charge in [-0.25, -0.2) is 14.4 Å². The molecule has 3 aromatic rings. The van der Waals surface area contributed by atoms with Gasteiger partial charge in [-0.05, 0) is 50.3 Å². The average molecular weight is 459 g/mol. The van der Waals surface area contributed by atoms with Crippen LogP contribution in [0.1, 0.15) is 47.3 Å². The molecule has 2 aromatic heterocycles. The van der Waals surface area contributed by atoms with E-state index < -0.39 is 0 Å². The third kappa shape index (κ3) is 4.99. The summed E-state index contributed by atoms with van der Waals surface area (Å²) in [5, 5.41) is 6.90. The Kier molecular flexibility index (Phi) is 7.16. The molecule has 0 bridgehead atoms. The summed E-state index contributed by atoms with van der Waals surface area (Å²) in [6.07, 6.45) is 6.95. The smallest absolute Gasteiger partial charge is 0.261 e. The molecule has 0 unspecified atom stereocenters. The summed E-state index contributed by atoms with van der Waals surface area (Å²) in [4.78, 5) is 22.6. The highest BCUT2D eigenvalue weighted by Gasteiger charge is 2.21. The number of aryl methyl sites for hydroxylation is 1. The van der Waals surface area contributed by atoms with Gasteiger partial charge in [0.2, 0.25) is 0 Å². The van der Waals surface area contributed by atoms with Gasteiger partial charge in [0.1, 0.15) is 28.5 Å². The number of anilines is 2. The van der Waals surface area contributed by atoms with E-state index in [1.54, 1.807) is 13.2 Å². The predicted octanol–water partition coefficient (Wildman–Crippen LogP) is 4.97. The quantitative estimate of drug-likeness (QED) is 0.464. The molecule has 1 aliphatic carbocycles. The molecule has 1 saturated carbocycles. The Labute approximate surface area is 190 Å². The minimum Gasteiger partial charge on any atom is -0.488 e. The summed E-state index contributed by atoms with van der Waals surface area (Å²) in [5.74, 6) is 0.501. The SMILES string of the molecule is COCCNC(=O)c1sc2ncnc(Nc3ccc(F)cc3OC3CCCCC3)c2c1C. The first kappa shape index (κ1) is 22.4. The van der Waals surface area contributed by atoms with Gasteiger partial charge in [-0.2, -0.15) is 0 Å². The summed E-state index contributed by atoms with van der Waals surface area (Å²) < 4.78 is 25.1. The number of fused-ring (bicyclic) bond motifs is 1. The maximum absolute atomic E-state index is 14.0. The van der Waals surface area contributed by atoms with Gasteiger partial charge in [0.05, 0.1) is 28.7 Å². The van der Waals surface area contributed by atoms with Crippen LogP contribution in [0.15, 0.2) is 24.5 Å². The minimum absolute atomic E-state index is 0.0850. The van der Waals surface area contributed by atoms with Crippen molar-refractivity contribution in [3.05, 3.63) is 40.8 Å². The number of halogens is 1. The Morgan fingerprint density at radius 2 is 2.06 bits per heavy atom. The zero-order chi connectivity index (χ0) is 22.5. The van der Waals surface area contributed by atoms with Gasteiger partial charge in [-0.15, -0.1) is 11.3 Å². The van der Waals surface area contributed by atoms with E-state index in [4.69, 9.17) is 9.47 Å². The molecule has 0 spiro atoms. The molecule has 1 fully saturated rings. The number of nitrogens with one attached hydrogen (secondary N) is 2. The Balaban J connectivity index is 1.62. The highest BCUT2D eigenvalue weighted by atomic mass is 32.1. The molecule has 0 atom stereocenters. The Morgan fingerprint density at radius 1 is 1.25 bits per heavy atom. The highest BCUT2D eigenvalue weighted by molar-refractivity contribution is 7.20. The van der Waals surface area contributed by atoms with Gasteiger partial charge < -0.3 is 20.1 Å². The van der Waals surface area contributed by atoms with Crippen LogP contribution in [-0.2, 0) is 4.74 Å². The molecular formula is C23H27FN4O3S. The van der Waals surface area contributed by atoms with E-state index in [9.17, 15) is 9.18 Å². The first-order valence-corrected chi connectivity index (χ1v) is 11.6. The highest BCUT2D eigenvalue weighted by Crippen LogP contribution is 2.37. The van der Waals surface area contributed by atoms with E-state index >= 15 is 0 Å². The molecule has 1 aromatic carbocycles. The fraction of sp³-hybridized carbons (Fsp3) is 0.435. The summed E-state index contributed by atoms with van der Waals surface area (Å²) >= 11 is 1.31. The maximum atomic E-state index is 14.0. The molecule has 1 aliphatic rings. The first-order valence-electron chi connectivity index (χ1n) is 10.8. The van der Waals surface area contributed by atoms with Gasteiger partial charge >= 0.3 is 0 Å². The topological polar surface area (TPSA) is 85.4 Å². The molecule has 0 saturated heterocycles. The number of benzene rings is 1. The van der Waals surface area contributed by atoms with Crippen LogP contribution in [0.3, 0.4) is 0 Å². The average Bonchev–Trinajstić information content (AvgIpc) is 3.14. The van der Waals surface area contributed by atoms with Crippen LogP contribution in [0.5, 0.6) is 5.75 Å². The van der Waals surface area contributed by atoms with Gasteiger partial charge in [0.15, 0.2) is 0 Å². The van der Waals surface area contributed by atoms with E-state index in [0.717, 1.165) is 36.6 Å². The van der Waals surface area contributed by atoms with Crippen LogP contribution in [0.25, 0.3) is 10.2 Å². The molecule has 170 valence electrons. The lowest BCUT2D eigenvalue weighted by Crippen LogP contribution is -2.26.